The second kappa shape index (κ2) is 5.95. The first-order chi connectivity index (χ1) is 10.5. The molecule has 2 saturated heterocycles. The van der Waals surface area contributed by atoms with Crippen molar-refractivity contribution in [2.75, 3.05) is 26.2 Å². The highest BCUT2D eigenvalue weighted by atomic mass is 19.3. The Morgan fingerprint density at radius 2 is 2.05 bits per heavy atom. The molecule has 22 heavy (non-hydrogen) atoms. The molecule has 0 spiro atoms. The van der Waals surface area contributed by atoms with E-state index >= 15 is 0 Å². The summed E-state index contributed by atoms with van der Waals surface area (Å²) in [7, 11) is 0. The Labute approximate surface area is 129 Å². The van der Waals surface area contributed by atoms with Gasteiger partial charge in [0.1, 0.15) is 0 Å². The van der Waals surface area contributed by atoms with Gasteiger partial charge in [0.25, 0.3) is 11.8 Å². The van der Waals surface area contributed by atoms with Crippen LogP contribution in [0.3, 0.4) is 0 Å². The molecule has 1 aromatic carbocycles. The third-order valence-corrected chi connectivity index (χ3v) is 4.75. The third kappa shape index (κ3) is 3.14. The Balaban J connectivity index is 1.76. The molecule has 5 heteroatoms. The Morgan fingerprint density at radius 3 is 2.64 bits per heavy atom. The first-order valence-electron chi connectivity index (χ1n) is 7.95. The number of hydrogen-bond acceptors (Lipinski definition) is 2. The lowest BCUT2D eigenvalue weighted by Crippen LogP contribution is -2.32. The number of hydrogen-bond donors (Lipinski definition) is 1. The molecule has 3 rings (SSSR count). The number of nitrogens with zero attached hydrogens (tertiary/aromatic N) is 1. The maximum Gasteiger partial charge on any atom is 0.267 e. The van der Waals surface area contributed by atoms with Gasteiger partial charge in [0.05, 0.1) is 6.54 Å². The summed E-state index contributed by atoms with van der Waals surface area (Å²) in [5.41, 5.74) is 2.69. The summed E-state index contributed by atoms with van der Waals surface area (Å²) in [6.07, 6.45) is 1.97. The van der Waals surface area contributed by atoms with Crippen molar-refractivity contribution < 1.29 is 13.6 Å². The molecular weight excluding hydrogens is 286 g/mol. The van der Waals surface area contributed by atoms with Crippen LogP contribution in [0.4, 0.5) is 8.78 Å². The third-order valence-electron chi connectivity index (χ3n) is 4.75. The molecular formula is C17H22F2N2O. The Morgan fingerprint density at radius 1 is 1.32 bits per heavy atom. The van der Waals surface area contributed by atoms with Gasteiger partial charge in [-0.15, -0.1) is 0 Å². The average Bonchev–Trinajstić information content (AvgIpc) is 2.87. The number of halogens is 2. The van der Waals surface area contributed by atoms with Crippen LogP contribution in [0, 0.1) is 6.92 Å². The lowest BCUT2D eigenvalue weighted by molar-refractivity contribution is 0.0120. The summed E-state index contributed by atoms with van der Waals surface area (Å²) in [6, 6.07) is 5.85. The molecule has 2 aliphatic rings. The van der Waals surface area contributed by atoms with Crippen molar-refractivity contribution in [3.8, 4) is 0 Å². The topological polar surface area (TPSA) is 32.3 Å². The molecule has 0 aromatic heterocycles. The van der Waals surface area contributed by atoms with Crippen LogP contribution in [-0.4, -0.2) is 42.9 Å². The molecule has 1 amide bonds. The first kappa shape index (κ1) is 15.4. The Hall–Kier alpha value is -1.49. The van der Waals surface area contributed by atoms with Gasteiger partial charge in [0.15, 0.2) is 0 Å². The van der Waals surface area contributed by atoms with Crippen LogP contribution in [-0.2, 0) is 0 Å². The number of benzene rings is 1. The van der Waals surface area contributed by atoms with Gasteiger partial charge < -0.3 is 10.2 Å². The van der Waals surface area contributed by atoms with Crippen molar-refractivity contribution in [3.05, 3.63) is 34.9 Å². The zero-order valence-corrected chi connectivity index (χ0v) is 12.9. The molecule has 0 unspecified atom stereocenters. The average molecular weight is 308 g/mol. The molecule has 0 saturated carbocycles. The minimum Gasteiger partial charge on any atom is -0.332 e. The highest BCUT2D eigenvalue weighted by Crippen LogP contribution is 2.30. The number of aryl methyl sites for hydroxylation is 1. The second-order valence-electron chi connectivity index (χ2n) is 6.43. The summed E-state index contributed by atoms with van der Waals surface area (Å²) in [5, 5.41) is 3.34. The number of likely N-dealkylation sites (tertiary alicyclic amines) is 1. The van der Waals surface area contributed by atoms with E-state index < -0.39 is 12.5 Å². The van der Waals surface area contributed by atoms with Crippen molar-refractivity contribution >= 4 is 5.91 Å². The maximum atomic E-state index is 13.3. The number of amides is 1. The van der Waals surface area contributed by atoms with Gasteiger partial charge in [-0.25, -0.2) is 8.78 Å². The summed E-state index contributed by atoms with van der Waals surface area (Å²) in [4.78, 5) is 13.7. The monoisotopic (exact) mass is 308 g/mol. The standard InChI is InChI=1S/C17H22F2N2O/c1-12-10-14(13-4-7-20-8-5-13)2-3-15(12)16(22)21-9-6-17(18,19)11-21/h2-3,10,13,20H,4-9,11H2,1H3. The molecule has 0 atom stereocenters. The summed E-state index contributed by atoms with van der Waals surface area (Å²) in [5.74, 6) is -2.48. The lowest BCUT2D eigenvalue weighted by atomic mass is 9.88. The molecule has 3 nitrogen and oxygen atoms in total. The number of carbonyl (C=O) groups excluding carboxylic acids is 1. The Kier molecular flexibility index (Phi) is 4.17. The smallest absolute Gasteiger partial charge is 0.267 e. The minimum absolute atomic E-state index is 0.140. The SMILES string of the molecule is Cc1cc(C2CCNCC2)ccc1C(=O)N1CCC(F)(F)C1. The van der Waals surface area contributed by atoms with Crippen molar-refractivity contribution in [2.24, 2.45) is 0 Å². The molecule has 1 N–H and O–H groups in total. The van der Waals surface area contributed by atoms with Crippen LogP contribution in [0.15, 0.2) is 18.2 Å². The zero-order chi connectivity index (χ0) is 15.7. The predicted octanol–water partition coefficient (Wildman–Crippen LogP) is 2.94. The van der Waals surface area contributed by atoms with Gasteiger partial charge in [-0.3, -0.25) is 4.79 Å². The first-order valence-corrected chi connectivity index (χ1v) is 7.95. The highest BCUT2D eigenvalue weighted by molar-refractivity contribution is 5.96. The molecule has 0 bridgehead atoms. The number of alkyl halides is 2. The molecule has 1 aromatic rings. The van der Waals surface area contributed by atoms with E-state index in [1.807, 2.05) is 19.1 Å². The van der Waals surface area contributed by atoms with Crippen molar-refractivity contribution in [2.45, 2.75) is 38.0 Å². The van der Waals surface area contributed by atoms with E-state index in [4.69, 9.17) is 0 Å². The van der Waals surface area contributed by atoms with Crippen LogP contribution in [0.25, 0.3) is 0 Å². The van der Waals surface area contributed by atoms with Crippen LogP contribution < -0.4 is 5.32 Å². The van der Waals surface area contributed by atoms with Crippen LogP contribution in [0.5, 0.6) is 0 Å². The molecule has 120 valence electrons. The number of carbonyl (C=O) groups is 1. The normalized spacial score (nSPS) is 22.0. The number of rotatable bonds is 2. The molecule has 2 aliphatic heterocycles. The van der Waals surface area contributed by atoms with Crippen molar-refractivity contribution in [1.82, 2.24) is 10.2 Å². The maximum absolute atomic E-state index is 13.3. The fourth-order valence-electron chi connectivity index (χ4n) is 3.42. The van der Waals surface area contributed by atoms with Gasteiger partial charge in [-0.05, 0) is 56.0 Å². The van der Waals surface area contributed by atoms with Gasteiger partial charge in [-0.2, -0.15) is 0 Å². The lowest BCUT2D eigenvalue weighted by Gasteiger charge is -2.24. The van der Waals surface area contributed by atoms with Crippen LogP contribution in [0.1, 0.15) is 46.7 Å². The minimum atomic E-state index is -2.74. The Bertz CT molecular complexity index is 568. The van der Waals surface area contributed by atoms with Crippen LogP contribution >= 0.6 is 0 Å². The summed E-state index contributed by atoms with van der Waals surface area (Å²) in [6.45, 7) is 3.62. The van der Waals surface area contributed by atoms with Gasteiger partial charge >= 0.3 is 0 Å². The van der Waals surface area contributed by atoms with E-state index in [1.165, 1.54) is 10.5 Å². The van der Waals surface area contributed by atoms with E-state index in [1.54, 1.807) is 0 Å². The molecule has 0 radical (unpaired) electrons. The zero-order valence-electron chi connectivity index (χ0n) is 12.9. The number of nitrogens with one attached hydrogen (secondary N) is 1. The van der Waals surface area contributed by atoms with Gasteiger partial charge in [-0.1, -0.05) is 12.1 Å². The summed E-state index contributed by atoms with van der Waals surface area (Å²) >= 11 is 0. The predicted molar refractivity (Wildman–Crippen MR) is 81.5 cm³/mol. The molecule has 2 fully saturated rings. The van der Waals surface area contributed by atoms with Gasteiger partial charge in [0.2, 0.25) is 0 Å². The quantitative estimate of drug-likeness (QED) is 0.911. The fourth-order valence-corrected chi connectivity index (χ4v) is 3.42. The van der Waals surface area contributed by atoms with Crippen LogP contribution in [0.2, 0.25) is 0 Å². The largest absolute Gasteiger partial charge is 0.332 e. The van der Waals surface area contributed by atoms with Gasteiger partial charge in [0, 0.05) is 18.5 Å². The van der Waals surface area contributed by atoms with E-state index in [2.05, 4.69) is 11.4 Å². The van der Waals surface area contributed by atoms with E-state index in [-0.39, 0.29) is 18.9 Å². The molecule has 2 heterocycles. The van der Waals surface area contributed by atoms with E-state index in [0.29, 0.717) is 11.5 Å². The van der Waals surface area contributed by atoms with E-state index in [0.717, 1.165) is 31.5 Å². The second-order valence-corrected chi connectivity index (χ2v) is 6.43. The fraction of sp³-hybridized carbons (Fsp3) is 0.588. The van der Waals surface area contributed by atoms with Crippen molar-refractivity contribution in [1.29, 1.82) is 0 Å². The highest BCUT2D eigenvalue weighted by Gasteiger charge is 2.40. The number of piperidine rings is 1. The summed E-state index contributed by atoms with van der Waals surface area (Å²) < 4.78 is 26.6. The van der Waals surface area contributed by atoms with Crippen molar-refractivity contribution in [3.63, 3.8) is 0 Å². The molecule has 0 aliphatic carbocycles. The van der Waals surface area contributed by atoms with E-state index in [9.17, 15) is 13.6 Å².